The van der Waals surface area contributed by atoms with Gasteiger partial charge in [-0.25, -0.2) is 0 Å². The van der Waals surface area contributed by atoms with Crippen LogP contribution in [0.2, 0.25) is 0 Å². The molecular formula is C25H28N2O3. The lowest BCUT2D eigenvalue weighted by molar-refractivity contribution is -0.115. The summed E-state index contributed by atoms with van der Waals surface area (Å²) in [4.78, 5) is 27.5. The standard InChI is InChI=1S/C25H28N2O3/c1-16-7-9-21-20(15-30-23(21)12-16)14-24(28)26-22-10-8-19(13-17(22)2)25(29)27-11-5-4-6-18(27)3/h7-10,12-13,15,18H,4-6,11,14H2,1-3H3,(H,26,28). The van der Waals surface area contributed by atoms with E-state index in [1.807, 2.05) is 55.1 Å². The molecule has 0 spiro atoms. The summed E-state index contributed by atoms with van der Waals surface area (Å²) in [5, 5.41) is 3.94. The number of carbonyl (C=O) groups is 2. The molecule has 1 aromatic heterocycles. The average molecular weight is 405 g/mol. The van der Waals surface area contributed by atoms with E-state index in [4.69, 9.17) is 4.42 Å². The first kappa shape index (κ1) is 20.2. The van der Waals surface area contributed by atoms with Crippen LogP contribution in [0.25, 0.3) is 11.0 Å². The fourth-order valence-electron chi connectivity index (χ4n) is 4.20. The minimum atomic E-state index is -0.106. The molecule has 1 aliphatic rings. The van der Waals surface area contributed by atoms with E-state index in [1.165, 1.54) is 6.42 Å². The highest BCUT2D eigenvalue weighted by Gasteiger charge is 2.24. The number of fused-ring (bicyclic) bond motifs is 1. The van der Waals surface area contributed by atoms with Gasteiger partial charge in [0.15, 0.2) is 0 Å². The first-order chi connectivity index (χ1) is 14.4. The predicted octanol–water partition coefficient (Wildman–Crippen LogP) is 5.25. The van der Waals surface area contributed by atoms with Crippen molar-refractivity contribution in [1.82, 2.24) is 4.90 Å². The molecule has 3 aromatic rings. The van der Waals surface area contributed by atoms with E-state index in [0.717, 1.165) is 52.7 Å². The van der Waals surface area contributed by atoms with Gasteiger partial charge in [0.2, 0.25) is 5.91 Å². The molecule has 0 bridgehead atoms. The Morgan fingerprint density at radius 1 is 1.13 bits per heavy atom. The lowest BCUT2D eigenvalue weighted by Gasteiger charge is -2.33. The highest BCUT2D eigenvalue weighted by atomic mass is 16.3. The zero-order valence-corrected chi connectivity index (χ0v) is 17.8. The number of amides is 2. The quantitative estimate of drug-likeness (QED) is 0.646. The first-order valence-electron chi connectivity index (χ1n) is 10.6. The van der Waals surface area contributed by atoms with Crippen LogP contribution in [0.15, 0.2) is 47.1 Å². The van der Waals surface area contributed by atoms with Crippen LogP contribution in [0.4, 0.5) is 5.69 Å². The third-order valence-electron chi connectivity index (χ3n) is 5.97. The number of rotatable bonds is 4. The lowest BCUT2D eigenvalue weighted by atomic mass is 10.0. The van der Waals surface area contributed by atoms with Crippen molar-refractivity contribution in [3.05, 3.63) is 64.9 Å². The molecule has 30 heavy (non-hydrogen) atoms. The number of hydrogen-bond donors (Lipinski definition) is 1. The maximum Gasteiger partial charge on any atom is 0.254 e. The SMILES string of the molecule is Cc1ccc2c(CC(=O)Nc3ccc(C(=O)N4CCCCC4C)cc3C)coc2c1. The van der Waals surface area contributed by atoms with Gasteiger partial charge >= 0.3 is 0 Å². The molecule has 5 heteroatoms. The molecule has 0 saturated carbocycles. The average Bonchev–Trinajstić information content (AvgIpc) is 3.11. The summed E-state index contributed by atoms with van der Waals surface area (Å²) in [6.45, 7) is 6.86. The molecule has 2 heterocycles. The molecule has 1 N–H and O–H groups in total. The molecule has 2 amide bonds. The highest BCUT2D eigenvalue weighted by Crippen LogP contribution is 2.25. The van der Waals surface area contributed by atoms with Crippen LogP contribution in [0.3, 0.4) is 0 Å². The Hall–Kier alpha value is -3.08. The van der Waals surface area contributed by atoms with E-state index in [1.54, 1.807) is 6.26 Å². The second-order valence-corrected chi connectivity index (χ2v) is 8.36. The van der Waals surface area contributed by atoms with Crippen LogP contribution >= 0.6 is 0 Å². The number of furan rings is 1. The van der Waals surface area contributed by atoms with Crippen molar-refractivity contribution in [3.63, 3.8) is 0 Å². The normalized spacial score (nSPS) is 16.6. The summed E-state index contributed by atoms with van der Waals surface area (Å²) in [5.74, 6) is -0.0339. The summed E-state index contributed by atoms with van der Waals surface area (Å²) >= 11 is 0. The predicted molar refractivity (Wildman–Crippen MR) is 119 cm³/mol. The molecule has 1 unspecified atom stereocenters. The third kappa shape index (κ3) is 4.11. The number of nitrogens with zero attached hydrogens (tertiary/aromatic N) is 1. The number of benzene rings is 2. The fourth-order valence-corrected chi connectivity index (χ4v) is 4.20. The Labute approximate surface area is 177 Å². The molecule has 0 aliphatic carbocycles. The molecule has 1 saturated heterocycles. The molecule has 5 nitrogen and oxygen atoms in total. The summed E-state index contributed by atoms with van der Waals surface area (Å²) in [7, 11) is 0. The Morgan fingerprint density at radius 2 is 1.97 bits per heavy atom. The second-order valence-electron chi connectivity index (χ2n) is 8.36. The Kier molecular flexibility index (Phi) is 5.62. The van der Waals surface area contributed by atoms with Gasteiger partial charge < -0.3 is 14.6 Å². The summed E-state index contributed by atoms with van der Waals surface area (Å²) in [6.07, 6.45) is 5.19. The van der Waals surface area contributed by atoms with Crippen LogP contribution in [-0.4, -0.2) is 29.3 Å². The van der Waals surface area contributed by atoms with Gasteiger partial charge in [-0.05, 0) is 75.4 Å². The van der Waals surface area contributed by atoms with E-state index in [2.05, 4.69) is 12.2 Å². The molecule has 1 fully saturated rings. The van der Waals surface area contributed by atoms with Crippen LogP contribution in [0, 0.1) is 13.8 Å². The van der Waals surface area contributed by atoms with Crippen molar-refractivity contribution in [1.29, 1.82) is 0 Å². The molecule has 4 rings (SSSR count). The molecule has 156 valence electrons. The van der Waals surface area contributed by atoms with Crippen molar-refractivity contribution in [2.75, 3.05) is 11.9 Å². The maximum absolute atomic E-state index is 12.9. The second kappa shape index (κ2) is 8.34. The molecule has 2 aromatic carbocycles. The Morgan fingerprint density at radius 3 is 2.73 bits per heavy atom. The minimum Gasteiger partial charge on any atom is -0.464 e. The summed E-state index contributed by atoms with van der Waals surface area (Å²) < 4.78 is 5.59. The number of anilines is 1. The Balaban J connectivity index is 1.45. The molecule has 1 aliphatic heterocycles. The number of likely N-dealkylation sites (tertiary alicyclic amines) is 1. The topological polar surface area (TPSA) is 62.6 Å². The smallest absolute Gasteiger partial charge is 0.254 e. The summed E-state index contributed by atoms with van der Waals surface area (Å²) in [5.41, 5.74) is 5.07. The summed E-state index contributed by atoms with van der Waals surface area (Å²) in [6, 6.07) is 11.8. The van der Waals surface area contributed by atoms with Gasteiger partial charge in [-0.3, -0.25) is 9.59 Å². The van der Waals surface area contributed by atoms with Gasteiger partial charge in [0.25, 0.3) is 5.91 Å². The maximum atomic E-state index is 12.9. The van der Waals surface area contributed by atoms with E-state index >= 15 is 0 Å². The molecule has 1 atom stereocenters. The van der Waals surface area contributed by atoms with Crippen molar-refractivity contribution in [2.24, 2.45) is 0 Å². The Bertz CT molecular complexity index is 1100. The van der Waals surface area contributed by atoms with Crippen LogP contribution < -0.4 is 5.32 Å². The molecule has 0 radical (unpaired) electrons. The van der Waals surface area contributed by atoms with Crippen LogP contribution in [0.5, 0.6) is 0 Å². The van der Waals surface area contributed by atoms with Gasteiger partial charge in [-0.2, -0.15) is 0 Å². The van der Waals surface area contributed by atoms with Crippen LogP contribution in [0.1, 0.15) is 53.2 Å². The van der Waals surface area contributed by atoms with Crippen molar-refractivity contribution in [2.45, 2.75) is 52.5 Å². The third-order valence-corrected chi connectivity index (χ3v) is 5.97. The van der Waals surface area contributed by atoms with E-state index in [9.17, 15) is 9.59 Å². The van der Waals surface area contributed by atoms with Gasteiger partial charge in [-0.1, -0.05) is 12.1 Å². The fraction of sp³-hybridized carbons (Fsp3) is 0.360. The monoisotopic (exact) mass is 404 g/mol. The zero-order valence-electron chi connectivity index (χ0n) is 17.8. The van der Waals surface area contributed by atoms with Crippen molar-refractivity contribution >= 4 is 28.5 Å². The van der Waals surface area contributed by atoms with Crippen molar-refractivity contribution < 1.29 is 14.0 Å². The number of carbonyl (C=O) groups excluding carboxylic acids is 2. The number of nitrogens with one attached hydrogen (secondary N) is 1. The minimum absolute atomic E-state index is 0.0725. The highest BCUT2D eigenvalue weighted by molar-refractivity contribution is 5.98. The van der Waals surface area contributed by atoms with E-state index < -0.39 is 0 Å². The van der Waals surface area contributed by atoms with Crippen LogP contribution in [-0.2, 0) is 11.2 Å². The zero-order chi connectivity index (χ0) is 21.3. The van der Waals surface area contributed by atoms with E-state index in [-0.39, 0.29) is 24.3 Å². The van der Waals surface area contributed by atoms with Crippen molar-refractivity contribution in [3.8, 4) is 0 Å². The van der Waals surface area contributed by atoms with Gasteiger partial charge in [0.1, 0.15) is 5.58 Å². The largest absolute Gasteiger partial charge is 0.464 e. The van der Waals surface area contributed by atoms with Gasteiger partial charge in [0.05, 0.1) is 12.7 Å². The van der Waals surface area contributed by atoms with E-state index in [0.29, 0.717) is 5.56 Å². The number of aryl methyl sites for hydroxylation is 2. The molecular weight excluding hydrogens is 376 g/mol. The number of hydrogen-bond acceptors (Lipinski definition) is 3. The van der Waals surface area contributed by atoms with Gasteiger partial charge in [0, 0.05) is 34.8 Å². The first-order valence-corrected chi connectivity index (χ1v) is 10.6. The number of piperidine rings is 1. The lowest BCUT2D eigenvalue weighted by Crippen LogP contribution is -2.42. The van der Waals surface area contributed by atoms with Gasteiger partial charge in [-0.15, -0.1) is 0 Å².